The third-order valence-corrected chi connectivity index (χ3v) is 8.65. The SMILES string of the molecule is O=C(/C=C/C1C=CC=C1)Oc1cccc(N2C(=O)c3ccc4c5c(ccc(c35)C2=O)C(=O)N(c2ccc(C3=CCC=C3)cc2)C4=O)c1. The average molecular weight is 617 g/mol. The largest absolute Gasteiger partial charge is 0.423 e. The van der Waals surface area contributed by atoms with Crippen LogP contribution in [0.2, 0.25) is 0 Å². The molecule has 47 heavy (non-hydrogen) atoms. The second kappa shape index (κ2) is 10.9. The molecule has 8 rings (SSSR count). The third-order valence-electron chi connectivity index (χ3n) is 8.65. The summed E-state index contributed by atoms with van der Waals surface area (Å²) in [6, 6.07) is 19.5. The van der Waals surface area contributed by atoms with E-state index < -0.39 is 29.6 Å². The van der Waals surface area contributed by atoms with Gasteiger partial charge in [0.2, 0.25) is 0 Å². The predicted molar refractivity (Wildman–Crippen MR) is 177 cm³/mol. The zero-order valence-corrected chi connectivity index (χ0v) is 24.8. The second-order valence-corrected chi connectivity index (χ2v) is 11.4. The Morgan fingerprint density at radius 1 is 0.702 bits per heavy atom. The van der Waals surface area contributed by atoms with Crippen LogP contribution in [0.4, 0.5) is 11.4 Å². The molecule has 0 aromatic heterocycles. The maximum absolute atomic E-state index is 13.9. The smallest absolute Gasteiger partial charge is 0.335 e. The number of rotatable bonds is 6. The highest BCUT2D eigenvalue weighted by Crippen LogP contribution is 2.40. The minimum atomic E-state index is -0.623. The molecule has 4 aromatic rings. The summed E-state index contributed by atoms with van der Waals surface area (Å²) < 4.78 is 5.45. The summed E-state index contributed by atoms with van der Waals surface area (Å²) in [5, 5.41) is 0.553. The second-order valence-electron chi connectivity index (χ2n) is 11.4. The predicted octanol–water partition coefficient (Wildman–Crippen LogP) is 6.99. The van der Waals surface area contributed by atoms with Crippen LogP contribution < -0.4 is 14.5 Å². The lowest BCUT2D eigenvalue weighted by atomic mass is 9.85. The number of esters is 1. The molecule has 0 N–H and O–H groups in total. The fraction of sp³-hybridized carbons (Fsp3) is 0.0513. The van der Waals surface area contributed by atoms with Gasteiger partial charge in [-0.05, 0) is 66.1 Å². The first kappa shape index (κ1) is 28.1. The average Bonchev–Trinajstić information content (AvgIpc) is 3.82. The first-order valence-electron chi connectivity index (χ1n) is 15.1. The molecular weight excluding hydrogens is 592 g/mol. The number of anilines is 2. The summed E-state index contributed by atoms with van der Waals surface area (Å²) >= 11 is 0. The zero-order valence-electron chi connectivity index (χ0n) is 24.8. The van der Waals surface area contributed by atoms with Gasteiger partial charge < -0.3 is 4.74 Å². The van der Waals surface area contributed by atoms with Crippen LogP contribution in [0.25, 0.3) is 16.3 Å². The van der Waals surface area contributed by atoms with Crippen molar-refractivity contribution >= 4 is 57.3 Å². The molecule has 4 aromatic carbocycles. The summed E-state index contributed by atoms with van der Waals surface area (Å²) in [5.41, 5.74) is 3.51. The molecule has 0 spiro atoms. The molecule has 0 fully saturated rings. The van der Waals surface area contributed by atoms with E-state index in [1.807, 2.05) is 42.5 Å². The van der Waals surface area contributed by atoms with Crippen LogP contribution in [-0.2, 0) is 4.79 Å². The summed E-state index contributed by atoms with van der Waals surface area (Å²) in [7, 11) is 0. The Bertz CT molecular complexity index is 2170. The van der Waals surface area contributed by atoms with Crippen molar-refractivity contribution in [1.82, 2.24) is 0 Å². The minimum Gasteiger partial charge on any atom is -0.423 e. The molecule has 0 atom stereocenters. The Labute approximate surface area is 268 Å². The van der Waals surface area contributed by atoms with Crippen molar-refractivity contribution in [2.45, 2.75) is 6.42 Å². The number of nitrogens with zero attached hydrogens (tertiary/aromatic N) is 2. The van der Waals surface area contributed by atoms with Crippen molar-refractivity contribution in [2.75, 3.05) is 9.80 Å². The molecule has 0 bridgehead atoms. The number of imide groups is 2. The normalized spacial score (nSPS) is 16.7. The zero-order chi connectivity index (χ0) is 32.2. The third kappa shape index (κ3) is 4.57. The van der Waals surface area contributed by atoms with Crippen molar-refractivity contribution < 1.29 is 28.7 Å². The topological polar surface area (TPSA) is 101 Å². The van der Waals surface area contributed by atoms with Crippen molar-refractivity contribution in [1.29, 1.82) is 0 Å². The van der Waals surface area contributed by atoms with Crippen molar-refractivity contribution in [2.24, 2.45) is 5.92 Å². The molecular formula is C39H24N2O6. The van der Waals surface area contributed by atoms with E-state index in [4.69, 9.17) is 4.74 Å². The Hall–Kier alpha value is -6.41. The number of benzene rings is 4. The van der Waals surface area contributed by atoms with E-state index in [1.165, 1.54) is 36.4 Å². The van der Waals surface area contributed by atoms with Crippen LogP contribution in [0.5, 0.6) is 5.75 Å². The molecule has 0 saturated carbocycles. The van der Waals surface area contributed by atoms with Gasteiger partial charge in [-0.1, -0.05) is 66.8 Å². The summed E-state index contributed by atoms with van der Waals surface area (Å²) in [6.45, 7) is 0. The van der Waals surface area contributed by atoms with Crippen LogP contribution in [-0.4, -0.2) is 29.6 Å². The van der Waals surface area contributed by atoms with Crippen molar-refractivity contribution in [3.63, 3.8) is 0 Å². The molecule has 226 valence electrons. The van der Waals surface area contributed by atoms with E-state index in [9.17, 15) is 24.0 Å². The van der Waals surface area contributed by atoms with Gasteiger partial charge >= 0.3 is 5.97 Å². The number of allylic oxidation sites excluding steroid dienone is 9. The van der Waals surface area contributed by atoms with E-state index in [0.29, 0.717) is 5.69 Å². The van der Waals surface area contributed by atoms with E-state index in [-0.39, 0.29) is 50.4 Å². The van der Waals surface area contributed by atoms with Crippen LogP contribution in [0.3, 0.4) is 0 Å². The van der Waals surface area contributed by atoms with E-state index in [0.717, 1.165) is 27.4 Å². The molecule has 4 aliphatic rings. The van der Waals surface area contributed by atoms with Crippen LogP contribution >= 0.6 is 0 Å². The molecule has 8 nitrogen and oxygen atoms in total. The number of hydrogen-bond acceptors (Lipinski definition) is 6. The molecule has 2 aliphatic heterocycles. The quantitative estimate of drug-likeness (QED) is 0.100. The van der Waals surface area contributed by atoms with Gasteiger partial charge in [-0.2, -0.15) is 0 Å². The number of ether oxygens (including phenoxy) is 1. The Morgan fingerprint density at radius 3 is 1.83 bits per heavy atom. The Morgan fingerprint density at radius 2 is 1.28 bits per heavy atom. The lowest BCUT2D eigenvalue weighted by molar-refractivity contribution is -0.129. The summed E-state index contributed by atoms with van der Waals surface area (Å²) in [6.07, 6.45) is 17.7. The van der Waals surface area contributed by atoms with Crippen LogP contribution in [0.15, 0.2) is 127 Å². The van der Waals surface area contributed by atoms with E-state index in [1.54, 1.807) is 36.4 Å². The summed E-state index contributed by atoms with van der Waals surface area (Å²) in [4.78, 5) is 70.0. The molecule has 2 heterocycles. The molecule has 0 radical (unpaired) electrons. The van der Waals surface area contributed by atoms with Gasteiger partial charge in [0.25, 0.3) is 23.6 Å². The number of carbonyl (C=O) groups excluding carboxylic acids is 5. The first-order valence-corrected chi connectivity index (χ1v) is 15.1. The molecule has 4 amide bonds. The summed E-state index contributed by atoms with van der Waals surface area (Å²) in [5.74, 6) is -2.75. The molecule has 0 saturated heterocycles. The highest BCUT2D eigenvalue weighted by molar-refractivity contribution is 6.42. The first-order chi connectivity index (χ1) is 22.9. The standard InChI is InChI=1S/C39H24N2O6/c42-33(21-12-23-6-1-2-7-23)47-28-11-5-10-27(22-28)41-38(45)31-19-17-29-34-30(18-20-32(35(31)34)39(41)46)37(44)40(36(29)43)26-15-13-25(14-16-26)24-8-3-4-9-24/h1-3,5-23H,4H2/b21-12+. The van der Waals surface area contributed by atoms with Gasteiger partial charge in [0, 0.05) is 51.1 Å². The number of amides is 4. The van der Waals surface area contributed by atoms with E-state index >= 15 is 0 Å². The number of hydrogen-bond donors (Lipinski definition) is 0. The van der Waals surface area contributed by atoms with Gasteiger partial charge in [0.1, 0.15) is 5.75 Å². The van der Waals surface area contributed by atoms with E-state index in [2.05, 4.69) is 12.2 Å². The van der Waals surface area contributed by atoms with Gasteiger partial charge in [-0.25, -0.2) is 14.6 Å². The molecule has 2 aliphatic carbocycles. The van der Waals surface area contributed by atoms with Crippen molar-refractivity contribution in [3.05, 3.63) is 155 Å². The van der Waals surface area contributed by atoms with Gasteiger partial charge in [-0.3, -0.25) is 19.2 Å². The van der Waals surface area contributed by atoms with Crippen molar-refractivity contribution in [3.8, 4) is 5.75 Å². The maximum atomic E-state index is 13.9. The lowest BCUT2D eigenvalue weighted by Gasteiger charge is -2.32. The maximum Gasteiger partial charge on any atom is 0.335 e. The Balaban J connectivity index is 1.11. The highest BCUT2D eigenvalue weighted by Gasteiger charge is 2.40. The number of carbonyl (C=O) groups is 5. The van der Waals surface area contributed by atoms with Crippen LogP contribution in [0.1, 0.15) is 53.4 Å². The Kier molecular flexibility index (Phi) is 6.51. The minimum absolute atomic E-state index is 0.0130. The highest BCUT2D eigenvalue weighted by atomic mass is 16.5. The lowest BCUT2D eigenvalue weighted by Crippen LogP contribution is -2.43. The molecule has 0 unspecified atom stereocenters. The fourth-order valence-electron chi connectivity index (χ4n) is 6.42. The van der Waals surface area contributed by atoms with Gasteiger partial charge in [0.15, 0.2) is 0 Å². The fourth-order valence-corrected chi connectivity index (χ4v) is 6.42. The monoisotopic (exact) mass is 616 g/mol. The van der Waals surface area contributed by atoms with Gasteiger partial charge in [-0.15, -0.1) is 0 Å². The van der Waals surface area contributed by atoms with Crippen LogP contribution in [0, 0.1) is 5.92 Å². The molecule has 8 heteroatoms. The van der Waals surface area contributed by atoms with Gasteiger partial charge in [0.05, 0.1) is 11.4 Å².